The van der Waals surface area contributed by atoms with E-state index in [9.17, 15) is 9.59 Å². The van der Waals surface area contributed by atoms with Gasteiger partial charge in [0.1, 0.15) is 0 Å². The number of rotatable bonds is 5. The molecule has 2 aromatic carbocycles. The van der Waals surface area contributed by atoms with Crippen LogP contribution < -0.4 is 20.1 Å². The molecule has 7 heteroatoms. The monoisotopic (exact) mass is 344 g/mol. The smallest absolute Gasteiger partial charge is 0.251 e. The van der Waals surface area contributed by atoms with Crippen molar-refractivity contribution in [2.75, 3.05) is 24.9 Å². The summed E-state index contributed by atoms with van der Waals surface area (Å²) in [5.74, 6) is 0.501. The minimum absolute atomic E-state index is 0.114. The molecule has 2 aromatic rings. The highest BCUT2D eigenvalue weighted by Gasteiger charge is 2.16. The fourth-order valence-electron chi connectivity index (χ4n) is 2.18. The second kappa shape index (κ2) is 7.27. The fourth-order valence-corrected chi connectivity index (χ4v) is 2.59. The maximum Gasteiger partial charge on any atom is 0.251 e. The molecule has 2 N–H and O–H groups in total. The van der Waals surface area contributed by atoms with Crippen LogP contribution in [0.1, 0.15) is 10.4 Å². The highest BCUT2D eigenvalue weighted by molar-refractivity contribution is 7.98. The Morgan fingerprint density at radius 1 is 1.08 bits per heavy atom. The Bertz CT molecular complexity index is 762. The Morgan fingerprint density at radius 2 is 1.83 bits per heavy atom. The van der Waals surface area contributed by atoms with Gasteiger partial charge in [-0.1, -0.05) is 0 Å². The van der Waals surface area contributed by atoms with Crippen LogP contribution in [0.3, 0.4) is 0 Å². The number of amides is 2. The summed E-state index contributed by atoms with van der Waals surface area (Å²) in [6, 6.07) is 12.4. The molecular formula is C17H16N2O4S. The molecule has 1 heterocycles. The van der Waals surface area contributed by atoms with Crippen molar-refractivity contribution >= 4 is 29.3 Å². The number of hydrogen-bond acceptors (Lipinski definition) is 5. The van der Waals surface area contributed by atoms with Crippen molar-refractivity contribution in [1.29, 1.82) is 0 Å². The normalized spacial score (nSPS) is 11.9. The highest BCUT2D eigenvalue weighted by atomic mass is 32.2. The number of anilines is 1. The van der Waals surface area contributed by atoms with E-state index in [0.717, 1.165) is 4.90 Å². The summed E-state index contributed by atoms with van der Waals surface area (Å²) < 4.78 is 10.4. The van der Waals surface area contributed by atoms with Gasteiger partial charge < -0.3 is 20.1 Å². The third-order valence-corrected chi connectivity index (χ3v) is 4.16. The van der Waals surface area contributed by atoms with Gasteiger partial charge in [-0.25, -0.2) is 0 Å². The Kier molecular flexibility index (Phi) is 4.90. The molecule has 1 aliphatic rings. The van der Waals surface area contributed by atoms with E-state index in [2.05, 4.69) is 10.6 Å². The Labute approximate surface area is 143 Å². The van der Waals surface area contributed by atoms with Gasteiger partial charge in [0.25, 0.3) is 5.91 Å². The topological polar surface area (TPSA) is 76.7 Å². The zero-order chi connectivity index (χ0) is 16.9. The first kappa shape index (κ1) is 16.2. The van der Waals surface area contributed by atoms with Crippen LogP contribution in [0.2, 0.25) is 0 Å². The summed E-state index contributed by atoms with van der Waals surface area (Å²) >= 11 is 1.63. The first-order chi connectivity index (χ1) is 11.7. The van der Waals surface area contributed by atoms with Crippen LogP contribution >= 0.6 is 11.8 Å². The first-order valence-electron chi connectivity index (χ1n) is 7.27. The average molecular weight is 344 g/mol. The molecule has 0 bridgehead atoms. The molecule has 0 saturated carbocycles. The highest BCUT2D eigenvalue weighted by Crippen LogP contribution is 2.32. The van der Waals surface area contributed by atoms with Crippen molar-refractivity contribution in [2.45, 2.75) is 4.90 Å². The van der Waals surface area contributed by atoms with Crippen LogP contribution in [0, 0.1) is 0 Å². The molecule has 124 valence electrons. The predicted molar refractivity (Wildman–Crippen MR) is 91.8 cm³/mol. The zero-order valence-corrected chi connectivity index (χ0v) is 13.8. The Hall–Kier alpha value is -2.67. The van der Waals surface area contributed by atoms with Crippen molar-refractivity contribution in [3.63, 3.8) is 0 Å². The molecule has 6 nitrogen and oxygen atoms in total. The number of carbonyl (C=O) groups is 2. The standard InChI is InChI=1S/C17H16N2O4S/c1-24-13-5-3-12(4-6-13)19-16(20)9-18-17(21)11-2-7-14-15(8-11)23-10-22-14/h2-8H,9-10H2,1H3,(H,18,21)(H,19,20). The van der Waals surface area contributed by atoms with E-state index in [4.69, 9.17) is 9.47 Å². The van der Waals surface area contributed by atoms with Gasteiger partial charge in [-0.05, 0) is 48.7 Å². The molecular weight excluding hydrogens is 328 g/mol. The van der Waals surface area contributed by atoms with E-state index in [0.29, 0.717) is 22.7 Å². The number of nitrogens with one attached hydrogen (secondary N) is 2. The third kappa shape index (κ3) is 3.80. The molecule has 0 fully saturated rings. The molecule has 0 aliphatic carbocycles. The van der Waals surface area contributed by atoms with Crippen molar-refractivity contribution < 1.29 is 19.1 Å². The largest absolute Gasteiger partial charge is 0.454 e. The predicted octanol–water partition coefficient (Wildman–Crippen LogP) is 2.51. The van der Waals surface area contributed by atoms with Crippen LogP contribution in [-0.2, 0) is 4.79 Å². The zero-order valence-electron chi connectivity index (χ0n) is 13.0. The lowest BCUT2D eigenvalue weighted by Gasteiger charge is -2.08. The number of benzene rings is 2. The fraction of sp³-hybridized carbons (Fsp3) is 0.176. The molecule has 24 heavy (non-hydrogen) atoms. The third-order valence-electron chi connectivity index (χ3n) is 3.42. The minimum atomic E-state index is -0.346. The van der Waals surface area contributed by atoms with Crippen molar-refractivity contribution in [2.24, 2.45) is 0 Å². The van der Waals surface area contributed by atoms with E-state index >= 15 is 0 Å². The molecule has 0 aromatic heterocycles. The minimum Gasteiger partial charge on any atom is -0.454 e. The molecule has 0 atom stereocenters. The lowest BCUT2D eigenvalue weighted by molar-refractivity contribution is -0.115. The second-order valence-electron chi connectivity index (χ2n) is 5.03. The number of fused-ring (bicyclic) bond motifs is 1. The SMILES string of the molecule is CSc1ccc(NC(=O)CNC(=O)c2ccc3c(c2)OCO3)cc1. The lowest BCUT2D eigenvalue weighted by atomic mass is 10.2. The van der Waals surface area contributed by atoms with Crippen LogP contribution in [0.25, 0.3) is 0 Å². The maximum absolute atomic E-state index is 12.1. The molecule has 0 saturated heterocycles. The number of thioether (sulfide) groups is 1. The summed E-state index contributed by atoms with van der Waals surface area (Å²) in [6.07, 6.45) is 1.99. The molecule has 0 radical (unpaired) electrons. The number of ether oxygens (including phenoxy) is 2. The molecule has 1 aliphatic heterocycles. The van der Waals surface area contributed by atoms with E-state index in [1.807, 2.05) is 30.5 Å². The molecule has 3 rings (SSSR count). The summed E-state index contributed by atoms with van der Waals surface area (Å²) in [4.78, 5) is 25.1. The maximum atomic E-state index is 12.1. The quantitative estimate of drug-likeness (QED) is 0.815. The van der Waals surface area contributed by atoms with Gasteiger partial charge in [0.05, 0.1) is 6.54 Å². The molecule has 2 amide bonds. The van der Waals surface area contributed by atoms with Crippen LogP contribution in [0.15, 0.2) is 47.4 Å². The number of hydrogen-bond donors (Lipinski definition) is 2. The summed E-state index contributed by atoms with van der Waals surface area (Å²) in [6.45, 7) is 0.0374. The van der Waals surface area contributed by atoms with E-state index in [-0.39, 0.29) is 25.2 Å². The second-order valence-corrected chi connectivity index (χ2v) is 5.91. The average Bonchev–Trinajstić information content (AvgIpc) is 3.08. The first-order valence-corrected chi connectivity index (χ1v) is 8.50. The summed E-state index contributed by atoms with van der Waals surface area (Å²) in [7, 11) is 0. The van der Waals surface area contributed by atoms with Crippen molar-refractivity contribution in [3.8, 4) is 11.5 Å². The van der Waals surface area contributed by atoms with Gasteiger partial charge in [-0.2, -0.15) is 0 Å². The van der Waals surface area contributed by atoms with Gasteiger partial charge in [0.15, 0.2) is 11.5 Å². The number of carbonyl (C=O) groups excluding carboxylic acids is 2. The van der Waals surface area contributed by atoms with Crippen molar-refractivity contribution in [1.82, 2.24) is 5.32 Å². The summed E-state index contributed by atoms with van der Waals surface area (Å²) in [5.41, 5.74) is 1.10. The van der Waals surface area contributed by atoms with E-state index in [1.165, 1.54) is 0 Å². The lowest BCUT2D eigenvalue weighted by Crippen LogP contribution is -2.32. The van der Waals surface area contributed by atoms with Crippen molar-refractivity contribution in [3.05, 3.63) is 48.0 Å². The molecule has 0 unspecified atom stereocenters. The van der Waals surface area contributed by atoms with E-state index in [1.54, 1.807) is 30.0 Å². The Balaban J connectivity index is 1.52. The van der Waals surface area contributed by atoms with Gasteiger partial charge in [-0.15, -0.1) is 11.8 Å². The van der Waals surface area contributed by atoms with Gasteiger partial charge in [0, 0.05) is 16.1 Å². The molecule has 0 spiro atoms. The van der Waals surface area contributed by atoms with Gasteiger partial charge in [0.2, 0.25) is 12.7 Å². The Morgan fingerprint density at radius 3 is 2.58 bits per heavy atom. The van der Waals surface area contributed by atoms with Gasteiger partial charge >= 0.3 is 0 Å². The van der Waals surface area contributed by atoms with Gasteiger partial charge in [-0.3, -0.25) is 9.59 Å². The van der Waals surface area contributed by atoms with Crippen LogP contribution in [0.4, 0.5) is 5.69 Å². The van der Waals surface area contributed by atoms with Crippen LogP contribution in [-0.4, -0.2) is 31.4 Å². The van der Waals surface area contributed by atoms with Crippen LogP contribution in [0.5, 0.6) is 11.5 Å². The van der Waals surface area contributed by atoms with E-state index < -0.39 is 0 Å². The summed E-state index contributed by atoms with van der Waals surface area (Å²) in [5, 5.41) is 5.32.